The first-order valence-corrected chi connectivity index (χ1v) is 4.17. The number of halogens is 2. The number of carbonyl (C=O) groups is 1. The third kappa shape index (κ3) is 6.20. The summed E-state index contributed by atoms with van der Waals surface area (Å²) in [4.78, 5) is 8.98. The summed E-state index contributed by atoms with van der Waals surface area (Å²) in [6, 6.07) is 8.36. The Balaban J connectivity index is 0.000000261. The maximum atomic E-state index is 8.98. The molecule has 12 heavy (non-hydrogen) atoms. The molecule has 0 heterocycles. The molecule has 0 spiro atoms. The molecule has 0 saturated carbocycles. The van der Waals surface area contributed by atoms with Gasteiger partial charge in [-0.15, -0.1) is 0 Å². The van der Waals surface area contributed by atoms with Crippen molar-refractivity contribution in [2.75, 3.05) is 0 Å². The molecule has 0 saturated heterocycles. The van der Waals surface area contributed by atoms with E-state index in [0.29, 0.717) is 0 Å². The molecular formula is C9H10Cl2O. The van der Waals surface area contributed by atoms with Crippen molar-refractivity contribution in [2.24, 2.45) is 0 Å². The van der Waals surface area contributed by atoms with E-state index in [4.69, 9.17) is 4.79 Å². The van der Waals surface area contributed by atoms with Gasteiger partial charge in [-0.1, -0.05) is 24.3 Å². The van der Waals surface area contributed by atoms with Gasteiger partial charge in [-0.05, 0) is 48.2 Å². The minimum absolute atomic E-state index is 0.889. The molecule has 3 heteroatoms. The minimum atomic E-state index is -0.889. The van der Waals surface area contributed by atoms with Gasteiger partial charge in [0.1, 0.15) is 0 Å². The molecule has 0 bridgehead atoms. The number of aryl methyl sites for hydroxylation is 2. The fraction of sp³-hybridized carbons (Fsp3) is 0.222. The number of hydrogen-bond donors (Lipinski definition) is 0. The molecule has 0 unspecified atom stereocenters. The summed E-state index contributed by atoms with van der Waals surface area (Å²) in [5.74, 6) is 0. The largest absolute Gasteiger partial charge is 0.313 e. The fourth-order valence-electron chi connectivity index (χ4n) is 0.663. The molecule has 0 aromatic heterocycles. The van der Waals surface area contributed by atoms with E-state index in [9.17, 15) is 0 Å². The summed E-state index contributed by atoms with van der Waals surface area (Å²) in [5, 5.41) is 0. The van der Waals surface area contributed by atoms with Gasteiger partial charge in [-0.25, -0.2) is 0 Å². The van der Waals surface area contributed by atoms with Gasteiger partial charge in [0.05, 0.1) is 0 Å². The summed E-state index contributed by atoms with van der Waals surface area (Å²) in [7, 11) is 0. The highest BCUT2D eigenvalue weighted by atomic mass is 35.5. The topological polar surface area (TPSA) is 17.1 Å². The quantitative estimate of drug-likeness (QED) is 0.587. The number of benzene rings is 1. The van der Waals surface area contributed by atoms with E-state index in [1.54, 1.807) is 0 Å². The van der Waals surface area contributed by atoms with Crippen LogP contribution < -0.4 is 0 Å². The SMILES string of the molecule is Cc1ccccc1C.O=C(Cl)Cl. The van der Waals surface area contributed by atoms with Crippen LogP contribution >= 0.6 is 23.2 Å². The minimum Gasteiger partial charge on any atom is -0.262 e. The zero-order valence-electron chi connectivity index (χ0n) is 6.97. The maximum absolute atomic E-state index is 8.98. The van der Waals surface area contributed by atoms with Crippen molar-refractivity contribution < 1.29 is 4.79 Å². The van der Waals surface area contributed by atoms with Crippen molar-refractivity contribution in [1.29, 1.82) is 0 Å². The van der Waals surface area contributed by atoms with Crippen LogP contribution in [0.25, 0.3) is 0 Å². The van der Waals surface area contributed by atoms with E-state index in [0.717, 1.165) is 0 Å². The van der Waals surface area contributed by atoms with E-state index >= 15 is 0 Å². The lowest BCUT2D eigenvalue weighted by Crippen LogP contribution is -1.74. The Morgan fingerprint density at radius 2 is 1.33 bits per heavy atom. The average Bonchev–Trinajstić information content (AvgIpc) is 1.94. The van der Waals surface area contributed by atoms with Gasteiger partial charge in [-0.3, -0.25) is 4.79 Å². The smallest absolute Gasteiger partial charge is 0.262 e. The number of rotatable bonds is 0. The Labute approximate surface area is 82.3 Å². The molecule has 0 aliphatic carbocycles. The van der Waals surface area contributed by atoms with E-state index < -0.39 is 4.70 Å². The molecule has 1 aromatic carbocycles. The summed E-state index contributed by atoms with van der Waals surface area (Å²) >= 11 is 8.80. The monoisotopic (exact) mass is 204 g/mol. The van der Waals surface area contributed by atoms with Crippen molar-refractivity contribution in [1.82, 2.24) is 0 Å². The van der Waals surface area contributed by atoms with Gasteiger partial charge in [-0.2, -0.15) is 0 Å². The van der Waals surface area contributed by atoms with Crippen LogP contribution in [0.1, 0.15) is 11.1 Å². The molecule has 0 atom stereocenters. The van der Waals surface area contributed by atoms with Gasteiger partial charge in [0.2, 0.25) is 0 Å². The zero-order valence-corrected chi connectivity index (χ0v) is 8.49. The standard InChI is InChI=1S/C8H10.CCl2O/c1-7-5-3-4-6-8(7)2;2-1(3)4/h3-6H,1-2H3;. The lowest BCUT2D eigenvalue weighted by atomic mass is 10.1. The molecule has 0 N–H and O–H groups in total. The molecule has 66 valence electrons. The molecule has 0 aliphatic heterocycles. The van der Waals surface area contributed by atoms with Crippen LogP contribution in [-0.4, -0.2) is 4.70 Å². The Hall–Kier alpha value is -0.530. The predicted octanol–water partition coefficient (Wildman–Crippen LogP) is 3.89. The van der Waals surface area contributed by atoms with Crippen molar-refractivity contribution in [3.05, 3.63) is 35.4 Å². The van der Waals surface area contributed by atoms with Crippen LogP contribution in [0.5, 0.6) is 0 Å². The molecular weight excluding hydrogens is 195 g/mol. The van der Waals surface area contributed by atoms with Crippen molar-refractivity contribution in [3.8, 4) is 0 Å². The van der Waals surface area contributed by atoms with Gasteiger partial charge in [0.15, 0.2) is 0 Å². The van der Waals surface area contributed by atoms with Gasteiger partial charge >= 0.3 is 4.70 Å². The summed E-state index contributed by atoms with van der Waals surface area (Å²) in [6.07, 6.45) is 0. The second-order valence-electron chi connectivity index (χ2n) is 2.31. The first-order valence-electron chi connectivity index (χ1n) is 3.41. The maximum Gasteiger partial charge on any atom is 0.313 e. The van der Waals surface area contributed by atoms with Crippen LogP contribution in [0, 0.1) is 13.8 Å². The molecule has 0 radical (unpaired) electrons. The molecule has 1 rings (SSSR count). The Morgan fingerprint density at radius 3 is 1.50 bits per heavy atom. The highest BCUT2D eigenvalue weighted by Gasteiger charge is 1.83. The van der Waals surface area contributed by atoms with Crippen molar-refractivity contribution in [3.63, 3.8) is 0 Å². The van der Waals surface area contributed by atoms with E-state index in [-0.39, 0.29) is 0 Å². The van der Waals surface area contributed by atoms with Crippen LogP contribution in [-0.2, 0) is 0 Å². The Kier molecular flexibility index (Phi) is 5.77. The molecule has 1 nitrogen and oxygen atoms in total. The predicted molar refractivity (Wildman–Crippen MR) is 53.0 cm³/mol. The van der Waals surface area contributed by atoms with E-state index in [1.165, 1.54) is 11.1 Å². The van der Waals surface area contributed by atoms with Crippen LogP contribution in [0.3, 0.4) is 0 Å². The second kappa shape index (κ2) is 6.04. The molecule has 0 fully saturated rings. The van der Waals surface area contributed by atoms with Crippen LogP contribution in [0.4, 0.5) is 4.79 Å². The summed E-state index contributed by atoms with van der Waals surface area (Å²) < 4.78 is -0.889. The lowest BCUT2D eigenvalue weighted by molar-refractivity contribution is 0.275. The van der Waals surface area contributed by atoms with Gasteiger partial charge in [0, 0.05) is 0 Å². The first kappa shape index (κ1) is 11.5. The fourth-order valence-corrected chi connectivity index (χ4v) is 0.663. The Morgan fingerprint density at radius 1 is 1.08 bits per heavy atom. The van der Waals surface area contributed by atoms with Crippen molar-refractivity contribution in [2.45, 2.75) is 13.8 Å². The molecule has 0 amide bonds. The first-order chi connectivity index (χ1) is 5.54. The normalized spacial score (nSPS) is 8.33. The molecule has 1 aromatic rings. The van der Waals surface area contributed by atoms with Crippen LogP contribution in [0.2, 0.25) is 0 Å². The second-order valence-corrected chi connectivity index (χ2v) is 3.19. The van der Waals surface area contributed by atoms with Crippen molar-refractivity contribution >= 4 is 27.9 Å². The highest BCUT2D eigenvalue weighted by Crippen LogP contribution is 2.02. The summed E-state index contributed by atoms with van der Waals surface area (Å²) in [5.41, 5.74) is 2.74. The third-order valence-electron chi connectivity index (χ3n) is 1.43. The zero-order chi connectivity index (χ0) is 9.56. The van der Waals surface area contributed by atoms with E-state index in [1.807, 2.05) is 0 Å². The number of carbonyl (C=O) groups excluding carboxylic acids is 1. The number of hydrogen-bond acceptors (Lipinski definition) is 1. The van der Waals surface area contributed by atoms with Gasteiger partial charge in [0.25, 0.3) is 0 Å². The van der Waals surface area contributed by atoms with Crippen LogP contribution in [0.15, 0.2) is 24.3 Å². The Bertz CT molecular complexity index is 233. The third-order valence-corrected chi connectivity index (χ3v) is 1.43. The molecule has 0 aliphatic rings. The summed E-state index contributed by atoms with van der Waals surface area (Å²) in [6.45, 7) is 4.24. The van der Waals surface area contributed by atoms with E-state index in [2.05, 4.69) is 61.3 Å². The van der Waals surface area contributed by atoms with Gasteiger partial charge < -0.3 is 0 Å². The highest BCUT2D eigenvalue weighted by molar-refractivity contribution is 6.93. The average molecular weight is 205 g/mol. The lowest BCUT2D eigenvalue weighted by Gasteiger charge is -1.93.